The van der Waals surface area contributed by atoms with Crippen LogP contribution in [0.15, 0.2) is 29.2 Å². The van der Waals surface area contributed by atoms with E-state index >= 15 is 0 Å². The molecule has 110 valence electrons. The van der Waals surface area contributed by atoms with E-state index in [2.05, 4.69) is 4.90 Å². The second-order valence-electron chi connectivity index (χ2n) is 5.21. The lowest BCUT2D eigenvalue weighted by Gasteiger charge is -2.31. The third-order valence-electron chi connectivity index (χ3n) is 3.56. The lowest BCUT2D eigenvalue weighted by atomic mass is 9.95. The molecule has 1 atom stereocenters. The van der Waals surface area contributed by atoms with Gasteiger partial charge in [-0.3, -0.25) is 4.79 Å². The first-order chi connectivity index (χ1) is 9.63. The van der Waals surface area contributed by atoms with E-state index in [9.17, 15) is 9.18 Å². The van der Waals surface area contributed by atoms with E-state index in [1.54, 1.807) is 23.9 Å². The van der Waals surface area contributed by atoms with Gasteiger partial charge in [0, 0.05) is 30.2 Å². The quantitative estimate of drug-likeness (QED) is 0.819. The maximum Gasteiger partial charge on any atom is 0.303 e. The van der Waals surface area contributed by atoms with E-state index < -0.39 is 5.97 Å². The van der Waals surface area contributed by atoms with E-state index in [0.717, 1.165) is 43.1 Å². The summed E-state index contributed by atoms with van der Waals surface area (Å²) in [6.45, 7) is 2.90. The Labute approximate surface area is 123 Å². The molecular weight excluding hydrogens is 277 g/mol. The molecule has 1 aromatic carbocycles. The SMILES string of the molecule is O=C(O)CC1CCCN(CCSc2ccc(F)cc2)C1. The number of aliphatic carboxylic acids is 1. The lowest BCUT2D eigenvalue weighted by Crippen LogP contribution is -2.37. The maximum atomic E-state index is 12.8. The number of carbonyl (C=O) groups is 1. The van der Waals surface area contributed by atoms with Crippen LogP contribution < -0.4 is 0 Å². The Hall–Kier alpha value is -1.07. The van der Waals surface area contributed by atoms with Gasteiger partial charge >= 0.3 is 5.97 Å². The number of thioether (sulfide) groups is 1. The van der Waals surface area contributed by atoms with Gasteiger partial charge in [0.05, 0.1) is 0 Å². The first-order valence-electron chi connectivity index (χ1n) is 6.96. The number of carboxylic acid groups (broad SMARTS) is 1. The number of halogens is 1. The number of hydrogen-bond acceptors (Lipinski definition) is 3. The van der Waals surface area contributed by atoms with Crippen LogP contribution in [-0.2, 0) is 4.79 Å². The molecule has 2 rings (SSSR count). The summed E-state index contributed by atoms with van der Waals surface area (Å²) in [6, 6.07) is 6.55. The van der Waals surface area contributed by atoms with Gasteiger partial charge in [-0.25, -0.2) is 4.39 Å². The van der Waals surface area contributed by atoms with E-state index in [4.69, 9.17) is 5.11 Å². The monoisotopic (exact) mass is 297 g/mol. The predicted molar refractivity (Wildman–Crippen MR) is 78.5 cm³/mol. The molecule has 1 aliphatic heterocycles. The van der Waals surface area contributed by atoms with Crippen molar-refractivity contribution in [3.8, 4) is 0 Å². The van der Waals surface area contributed by atoms with Crippen LogP contribution in [0.25, 0.3) is 0 Å². The van der Waals surface area contributed by atoms with E-state index in [1.165, 1.54) is 12.1 Å². The number of carboxylic acids is 1. The highest BCUT2D eigenvalue weighted by atomic mass is 32.2. The molecule has 1 aliphatic rings. The van der Waals surface area contributed by atoms with Crippen molar-refractivity contribution in [2.75, 3.05) is 25.4 Å². The van der Waals surface area contributed by atoms with Crippen LogP contribution in [0.1, 0.15) is 19.3 Å². The van der Waals surface area contributed by atoms with Crippen molar-refractivity contribution in [2.24, 2.45) is 5.92 Å². The molecule has 5 heteroatoms. The summed E-state index contributed by atoms with van der Waals surface area (Å²) in [7, 11) is 0. The second kappa shape index (κ2) is 7.64. The van der Waals surface area contributed by atoms with Gasteiger partial charge in [-0.1, -0.05) is 0 Å². The molecule has 0 radical (unpaired) electrons. The molecule has 1 fully saturated rings. The molecular formula is C15H20FNO2S. The summed E-state index contributed by atoms with van der Waals surface area (Å²) >= 11 is 1.71. The van der Waals surface area contributed by atoms with Crippen LogP contribution in [0, 0.1) is 11.7 Å². The fourth-order valence-electron chi connectivity index (χ4n) is 2.59. The number of nitrogens with zero attached hydrogens (tertiary/aromatic N) is 1. The van der Waals surface area contributed by atoms with Crippen LogP contribution in [-0.4, -0.2) is 41.4 Å². The summed E-state index contributed by atoms with van der Waals surface area (Å²) in [5.41, 5.74) is 0. The van der Waals surface area contributed by atoms with E-state index in [0.29, 0.717) is 0 Å². The van der Waals surface area contributed by atoms with Gasteiger partial charge < -0.3 is 10.0 Å². The van der Waals surface area contributed by atoms with Crippen molar-refractivity contribution in [3.63, 3.8) is 0 Å². The number of benzene rings is 1. The molecule has 0 saturated carbocycles. The largest absolute Gasteiger partial charge is 0.481 e. The van der Waals surface area contributed by atoms with Gasteiger partial charge in [0.1, 0.15) is 5.82 Å². The second-order valence-corrected chi connectivity index (χ2v) is 6.38. The minimum Gasteiger partial charge on any atom is -0.481 e. The summed E-state index contributed by atoms with van der Waals surface area (Å²) in [6.07, 6.45) is 2.38. The topological polar surface area (TPSA) is 40.5 Å². The standard InChI is InChI=1S/C15H20FNO2S/c16-13-3-5-14(6-4-13)20-9-8-17-7-1-2-12(11-17)10-15(18)19/h3-6,12H,1-2,7-11H2,(H,18,19). The first-order valence-corrected chi connectivity index (χ1v) is 7.94. The van der Waals surface area contributed by atoms with Crippen molar-refractivity contribution in [1.82, 2.24) is 4.90 Å². The molecule has 3 nitrogen and oxygen atoms in total. The van der Waals surface area contributed by atoms with Crippen LogP contribution in [0.2, 0.25) is 0 Å². The zero-order valence-corrected chi connectivity index (χ0v) is 12.2. The Bertz CT molecular complexity index is 438. The fraction of sp³-hybridized carbons (Fsp3) is 0.533. The van der Waals surface area contributed by atoms with Gasteiger partial charge in [0.2, 0.25) is 0 Å². The summed E-state index contributed by atoms with van der Waals surface area (Å²) < 4.78 is 12.8. The average Bonchev–Trinajstić information content (AvgIpc) is 2.41. The zero-order valence-electron chi connectivity index (χ0n) is 11.4. The van der Waals surface area contributed by atoms with Crippen molar-refractivity contribution in [2.45, 2.75) is 24.2 Å². The van der Waals surface area contributed by atoms with Gasteiger partial charge in [-0.15, -0.1) is 11.8 Å². The Morgan fingerprint density at radius 2 is 2.15 bits per heavy atom. The van der Waals surface area contributed by atoms with Crippen molar-refractivity contribution >= 4 is 17.7 Å². The zero-order chi connectivity index (χ0) is 14.4. The molecule has 0 aliphatic carbocycles. The number of rotatable bonds is 6. The minimum atomic E-state index is -0.697. The van der Waals surface area contributed by atoms with Crippen LogP contribution in [0.4, 0.5) is 4.39 Å². The fourth-order valence-corrected chi connectivity index (χ4v) is 3.51. The Kier molecular flexibility index (Phi) is 5.86. The van der Waals surface area contributed by atoms with Gasteiger partial charge in [0.25, 0.3) is 0 Å². The Balaban J connectivity index is 1.70. The van der Waals surface area contributed by atoms with Crippen molar-refractivity contribution < 1.29 is 14.3 Å². The molecule has 0 aromatic heterocycles. The van der Waals surface area contributed by atoms with Gasteiger partial charge in [-0.05, 0) is 49.6 Å². The number of piperidine rings is 1. The van der Waals surface area contributed by atoms with Crippen molar-refractivity contribution in [3.05, 3.63) is 30.1 Å². The molecule has 1 heterocycles. The smallest absolute Gasteiger partial charge is 0.303 e. The average molecular weight is 297 g/mol. The third kappa shape index (κ3) is 5.13. The maximum absolute atomic E-state index is 12.8. The third-order valence-corrected chi connectivity index (χ3v) is 4.55. The van der Waals surface area contributed by atoms with Gasteiger partial charge in [0.15, 0.2) is 0 Å². The highest BCUT2D eigenvalue weighted by molar-refractivity contribution is 7.99. The summed E-state index contributed by atoms with van der Waals surface area (Å²) in [5, 5.41) is 8.85. The molecule has 1 aromatic rings. The summed E-state index contributed by atoms with van der Waals surface area (Å²) in [5.74, 6) is 0.335. The molecule has 1 N–H and O–H groups in total. The predicted octanol–water partition coefficient (Wildman–Crippen LogP) is 3.10. The Morgan fingerprint density at radius 1 is 1.40 bits per heavy atom. The van der Waals surface area contributed by atoms with Crippen molar-refractivity contribution in [1.29, 1.82) is 0 Å². The first kappa shape index (κ1) is 15.3. The van der Waals surface area contributed by atoms with E-state index in [-0.39, 0.29) is 18.2 Å². The highest BCUT2D eigenvalue weighted by Gasteiger charge is 2.21. The molecule has 0 spiro atoms. The Morgan fingerprint density at radius 3 is 2.85 bits per heavy atom. The molecule has 0 amide bonds. The minimum absolute atomic E-state index is 0.207. The normalized spacial score (nSPS) is 19.9. The van der Waals surface area contributed by atoms with E-state index in [1.807, 2.05) is 0 Å². The highest BCUT2D eigenvalue weighted by Crippen LogP contribution is 2.22. The van der Waals surface area contributed by atoms with Gasteiger partial charge in [-0.2, -0.15) is 0 Å². The van der Waals surface area contributed by atoms with Crippen LogP contribution >= 0.6 is 11.8 Å². The summed E-state index contributed by atoms with van der Waals surface area (Å²) in [4.78, 5) is 14.2. The molecule has 20 heavy (non-hydrogen) atoms. The lowest BCUT2D eigenvalue weighted by molar-refractivity contribution is -0.138. The van der Waals surface area contributed by atoms with Crippen LogP contribution in [0.5, 0.6) is 0 Å². The van der Waals surface area contributed by atoms with Crippen LogP contribution in [0.3, 0.4) is 0 Å². The molecule has 0 bridgehead atoms. The number of hydrogen-bond donors (Lipinski definition) is 1. The molecule has 1 unspecified atom stereocenters. The molecule has 1 saturated heterocycles. The number of likely N-dealkylation sites (tertiary alicyclic amines) is 1.